The molecule has 2 nitrogen and oxygen atoms in total. The lowest BCUT2D eigenvalue weighted by Gasteiger charge is -2.16. The molecule has 2 heteroatoms. The Morgan fingerprint density at radius 3 is 2.56 bits per heavy atom. The van der Waals surface area contributed by atoms with Crippen LogP contribution in [0.25, 0.3) is 0 Å². The standard InChI is InChI=1S/C14H22O2/c1-5-10(2)9-16-14-7-6-11(3)8-13(14)12(4)15/h6-8,10,12,15H,5,9H2,1-4H3. The van der Waals surface area contributed by atoms with Crippen LogP contribution >= 0.6 is 0 Å². The Kier molecular flexibility index (Phi) is 4.81. The minimum Gasteiger partial charge on any atom is -0.493 e. The molecule has 1 aromatic carbocycles. The predicted molar refractivity (Wildman–Crippen MR) is 66.8 cm³/mol. The summed E-state index contributed by atoms with van der Waals surface area (Å²) in [6.45, 7) is 8.81. The lowest BCUT2D eigenvalue weighted by molar-refractivity contribution is 0.186. The second-order valence-electron chi connectivity index (χ2n) is 4.54. The van der Waals surface area contributed by atoms with Crippen molar-refractivity contribution in [3.63, 3.8) is 0 Å². The fraction of sp³-hybridized carbons (Fsp3) is 0.571. The van der Waals surface area contributed by atoms with Crippen LogP contribution in [0, 0.1) is 12.8 Å². The topological polar surface area (TPSA) is 29.5 Å². The number of hydrogen-bond acceptors (Lipinski definition) is 2. The maximum atomic E-state index is 9.67. The number of ether oxygens (including phenoxy) is 1. The molecule has 0 saturated carbocycles. The Hall–Kier alpha value is -1.02. The first-order valence-corrected chi connectivity index (χ1v) is 5.96. The first-order valence-electron chi connectivity index (χ1n) is 5.96. The minimum absolute atomic E-state index is 0.480. The number of rotatable bonds is 5. The van der Waals surface area contributed by atoms with Crippen molar-refractivity contribution >= 4 is 0 Å². The van der Waals surface area contributed by atoms with Gasteiger partial charge in [-0.05, 0) is 31.9 Å². The zero-order chi connectivity index (χ0) is 12.1. The van der Waals surface area contributed by atoms with Gasteiger partial charge in [-0.15, -0.1) is 0 Å². The fourth-order valence-corrected chi connectivity index (χ4v) is 1.48. The van der Waals surface area contributed by atoms with Gasteiger partial charge < -0.3 is 9.84 Å². The van der Waals surface area contributed by atoms with Gasteiger partial charge in [0.25, 0.3) is 0 Å². The average Bonchev–Trinajstić information content (AvgIpc) is 2.26. The molecule has 2 atom stereocenters. The van der Waals surface area contributed by atoms with E-state index in [1.165, 1.54) is 0 Å². The van der Waals surface area contributed by atoms with Crippen LogP contribution in [0.15, 0.2) is 18.2 Å². The Morgan fingerprint density at radius 1 is 1.31 bits per heavy atom. The molecule has 0 spiro atoms. The lowest BCUT2D eigenvalue weighted by atomic mass is 10.1. The average molecular weight is 222 g/mol. The van der Waals surface area contributed by atoms with Crippen LogP contribution in [0.4, 0.5) is 0 Å². The van der Waals surface area contributed by atoms with Crippen molar-refractivity contribution < 1.29 is 9.84 Å². The van der Waals surface area contributed by atoms with Crippen LogP contribution < -0.4 is 4.74 Å². The van der Waals surface area contributed by atoms with Gasteiger partial charge in [0.05, 0.1) is 12.7 Å². The van der Waals surface area contributed by atoms with Gasteiger partial charge in [-0.1, -0.05) is 31.9 Å². The molecule has 0 aromatic heterocycles. The van der Waals surface area contributed by atoms with Crippen molar-refractivity contribution in [2.24, 2.45) is 5.92 Å². The van der Waals surface area contributed by atoms with Gasteiger partial charge in [-0.3, -0.25) is 0 Å². The van der Waals surface area contributed by atoms with Crippen molar-refractivity contribution in [2.75, 3.05) is 6.61 Å². The molecule has 2 unspecified atom stereocenters. The van der Waals surface area contributed by atoms with E-state index in [0.29, 0.717) is 12.5 Å². The lowest BCUT2D eigenvalue weighted by Crippen LogP contribution is -2.09. The SMILES string of the molecule is CCC(C)COc1ccc(C)cc1C(C)O. The minimum atomic E-state index is -0.480. The smallest absolute Gasteiger partial charge is 0.125 e. The second-order valence-corrected chi connectivity index (χ2v) is 4.54. The molecule has 1 rings (SSSR count). The zero-order valence-electron chi connectivity index (χ0n) is 10.7. The Bertz CT molecular complexity index is 332. The highest BCUT2D eigenvalue weighted by Gasteiger charge is 2.10. The fourth-order valence-electron chi connectivity index (χ4n) is 1.48. The summed E-state index contributed by atoms with van der Waals surface area (Å²) in [4.78, 5) is 0. The third-order valence-corrected chi connectivity index (χ3v) is 2.84. The summed E-state index contributed by atoms with van der Waals surface area (Å²) in [5.41, 5.74) is 2.02. The molecule has 0 heterocycles. The normalized spacial score (nSPS) is 14.6. The molecular weight excluding hydrogens is 200 g/mol. The van der Waals surface area contributed by atoms with Gasteiger partial charge in [0, 0.05) is 5.56 Å². The van der Waals surface area contributed by atoms with E-state index in [9.17, 15) is 5.11 Å². The van der Waals surface area contributed by atoms with Crippen LogP contribution in [0.1, 0.15) is 44.4 Å². The number of aryl methyl sites for hydroxylation is 1. The van der Waals surface area contributed by atoms with Crippen molar-refractivity contribution in [1.29, 1.82) is 0 Å². The first kappa shape index (κ1) is 13.0. The van der Waals surface area contributed by atoms with Crippen molar-refractivity contribution in [1.82, 2.24) is 0 Å². The first-order chi connectivity index (χ1) is 7.54. The Morgan fingerprint density at radius 2 is 2.00 bits per heavy atom. The summed E-state index contributed by atoms with van der Waals surface area (Å²) in [5, 5.41) is 9.67. The highest BCUT2D eigenvalue weighted by molar-refractivity contribution is 5.38. The third-order valence-electron chi connectivity index (χ3n) is 2.84. The largest absolute Gasteiger partial charge is 0.493 e. The molecule has 0 saturated heterocycles. The number of aliphatic hydroxyl groups excluding tert-OH is 1. The van der Waals surface area contributed by atoms with Crippen LogP contribution in [0.5, 0.6) is 5.75 Å². The summed E-state index contributed by atoms with van der Waals surface area (Å²) in [7, 11) is 0. The zero-order valence-corrected chi connectivity index (χ0v) is 10.7. The number of aliphatic hydroxyl groups is 1. The van der Waals surface area contributed by atoms with E-state index in [2.05, 4.69) is 13.8 Å². The van der Waals surface area contributed by atoms with Gasteiger partial charge in [0.15, 0.2) is 0 Å². The van der Waals surface area contributed by atoms with E-state index in [1.54, 1.807) is 6.92 Å². The molecule has 1 aromatic rings. The summed E-state index contributed by atoms with van der Waals surface area (Å²) < 4.78 is 5.75. The molecular formula is C14H22O2. The van der Waals surface area contributed by atoms with E-state index in [0.717, 1.165) is 23.3 Å². The quantitative estimate of drug-likeness (QED) is 0.826. The summed E-state index contributed by atoms with van der Waals surface area (Å²) in [6.07, 6.45) is 0.627. The van der Waals surface area contributed by atoms with Crippen LogP contribution in [0.2, 0.25) is 0 Å². The molecule has 0 aliphatic rings. The molecule has 0 bridgehead atoms. The van der Waals surface area contributed by atoms with Crippen LogP contribution in [-0.2, 0) is 0 Å². The van der Waals surface area contributed by atoms with Crippen LogP contribution in [0.3, 0.4) is 0 Å². The molecule has 16 heavy (non-hydrogen) atoms. The molecule has 0 aliphatic heterocycles. The van der Waals surface area contributed by atoms with Gasteiger partial charge >= 0.3 is 0 Å². The second kappa shape index (κ2) is 5.90. The molecule has 0 aliphatic carbocycles. The van der Waals surface area contributed by atoms with Gasteiger partial charge in [-0.25, -0.2) is 0 Å². The molecule has 0 fully saturated rings. The van der Waals surface area contributed by atoms with E-state index >= 15 is 0 Å². The Labute approximate surface area is 98.3 Å². The highest BCUT2D eigenvalue weighted by Crippen LogP contribution is 2.26. The van der Waals surface area contributed by atoms with E-state index in [1.807, 2.05) is 25.1 Å². The highest BCUT2D eigenvalue weighted by atomic mass is 16.5. The van der Waals surface area contributed by atoms with Crippen molar-refractivity contribution in [3.8, 4) is 5.75 Å². The van der Waals surface area contributed by atoms with Gasteiger partial charge in [0.1, 0.15) is 5.75 Å². The van der Waals surface area contributed by atoms with Crippen molar-refractivity contribution in [2.45, 2.75) is 40.2 Å². The van der Waals surface area contributed by atoms with E-state index in [-0.39, 0.29) is 0 Å². The maximum Gasteiger partial charge on any atom is 0.125 e. The maximum absolute atomic E-state index is 9.67. The number of benzene rings is 1. The third kappa shape index (κ3) is 3.53. The molecule has 90 valence electrons. The van der Waals surface area contributed by atoms with E-state index < -0.39 is 6.10 Å². The molecule has 0 radical (unpaired) electrons. The molecule has 0 amide bonds. The van der Waals surface area contributed by atoms with E-state index in [4.69, 9.17) is 4.74 Å². The monoisotopic (exact) mass is 222 g/mol. The summed E-state index contributed by atoms with van der Waals surface area (Å²) in [5.74, 6) is 1.35. The van der Waals surface area contributed by atoms with Gasteiger partial charge in [0.2, 0.25) is 0 Å². The Balaban J connectivity index is 2.78. The van der Waals surface area contributed by atoms with Gasteiger partial charge in [-0.2, -0.15) is 0 Å². The summed E-state index contributed by atoms with van der Waals surface area (Å²) >= 11 is 0. The predicted octanol–water partition coefficient (Wildman–Crippen LogP) is 3.47. The molecule has 1 N–H and O–H groups in total. The summed E-state index contributed by atoms with van der Waals surface area (Å²) in [6, 6.07) is 5.94. The van der Waals surface area contributed by atoms with Crippen LogP contribution in [-0.4, -0.2) is 11.7 Å². The number of hydrogen-bond donors (Lipinski definition) is 1. The van der Waals surface area contributed by atoms with Crippen molar-refractivity contribution in [3.05, 3.63) is 29.3 Å².